The third-order valence-corrected chi connectivity index (χ3v) is 5.14. The standard InChI is InChI=1S/C16H23ClN2O/c1-12-9-14(15(20-2)10-13(12)17)19-8-7-18-16(11-19)5-3-4-6-16/h9-10,18H,3-8,11H2,1-2H3. The van der Waals surface area contributed by atoms with Crippen molar-refractivity contribution in [1.29, 1.82) is 0 Å². The molecule has 0 amide bonds. The van der Waals surface area contributed by atoms with Crippen LogP contribution in [0.3, 0.4) is 0 Å². The average molecular weight is 295 g/mol. The highest BCUT2D eigenvalue weighted by atomic mass is 35.5. The summed E-state index contributed by atoms with van der Waals surface area (Å²) in [5, 5.41) is 4.52. The number of rotatable bonds is 2. The minimum atomic E-state index is 0.316. The molecule has 3 nitrogen and oxygen atoms in total. The number of hydrogen-bond acceptors (Lipinski definition) is 3. The van der Waals surface area contributed by atoms with E-state index >= 15 is 0 Å². The zero-order valence-corrected chi connectivity index (χ0v) is 13.1. The van der Waals surface area contributed by atoms with E-state index in [1.54, 1.807) is 7.11 Å². The van der Waals surface area contributed by atoms with Crippen LogP contribution in [0.5, 0.6) is 5.75 Å². The minimum absolute atomic E-state index is 0.316. The molecule has 1 heterocycles. The number of benzene rings is 1. The molecule has 0 bridgehead atoms. The van der Waals surface area contributed by atoms with Gasteiger partial charge in [-0.3, -0.25) is 0 Å². The van der Waals surface area contributed by atoms with E-state index in [9.17, 15) is 0 Å². The molecular weight excluding hydrogens is 272 g/mol. The molecule has 1 aliphatic carbocycles. The number of anilines is 1. The fraction of sp³-hybridized carbons (Fsp3) is 0.625. The van der Waals surface area contributed by atoms with Crippen molar-refractivity contribution in [2.24, 2.45) is 0 Å². The third kappa shape index (κ3) is 2.49. The number of aryl methyl sites for hydroxylation is 1. The number of halogens is 1. The summed E-state index contributed by atoms with van der Waals surface area (Å²) in [6.45, 7) is 5.20. The summed E-state index contributed by atoms with van der Waals surface area (Å²) in [5.74, 6) is 0.885. The molecule has 2 aliphatic rings. The summed E-state index contributed by atoms with van der Waals surface area (Å²) in [6.07, 6.45) is 5.27. The molecule has 3 rings (SSSR count). The molecule has 1 N–H and O–H groups in total. The highest BCUT2D eigenvalue weighted by molar-refractivity contribution is 6.31. The second kappa shape index (κ2) is 5.45. The van der Waals surface area contributed by atoms with Crippen molar-refractivity contribution in [3.05, 3.63) is 22.7 Å². The number of nitrogens with one attached hydrogen (secondary N) is 1. The molecule has 1 aliphatic heterocycles. The number of hydrogen-bond donors (Lipinski definition) is 1. The normalized spacial score (nSPS) is 21.4. The Morgan fingerprint density at radius 3 is 2.75 bits per heavy atom. The first-order chi connectivity index (χ1) is 9.63. The largest absolute Gasteiger partial charge is 0.495 e. The Labute approximate surface area is 126 Å². The van der Waals surface area contributed by atoms with Crippen molar-refractivity contribution in [3.8, 4) is 5.75 Å². The van der Waals surface area contributed by atoms with Gasteiger partial charge in [-0.25, -0.2) is 0 Å². The molecule has 1 aromatic rings. The summed E-state index contributed by atoms with van der Waals surface area (Å²) in [6, 6.07) is 4.10. The molecule has 0 radical (unpaired) electrons. The van der Waals surface area contributed by atoms with E-state index in [0.717, 1.165) is 36.0 Å². The van der Waals surface area contributed by atoms with Gasteiger partial charge in [0, 0.05) is 36.3 Å². The van der Waals surface area contributed by atoms with Gasteiger partial charge in [-0.2, -0.15) is 0 Å². The Balaban J connectivity index is 1.90. The Morgan fingerprint density at radius 1 is 1.30 bits per heavy atom. The molecule has 1 saturated heterocycles. The zero-order valence-electron chi connectivity index (χ0n) is 12.3. The van der Waals surface area contributed by atoms with Gasteiger partial charge in [0.15, 0.2) is 0 Å². The van der Waals surface area contributed by atoms with Crippen LogP contribution in [0.25, 0.3) is 0 Å². The van der Waals surface area contributed by atoms with Gasteiger partial charge >= 0.3 is 0 Å². The van der Waals surface area contributed by atoms with Crippen molar-refractivity contribution in [2.45, 2.75) is 38.1 Å². The van der Waals surface area contributed by atoms with E-state index in [1.807, 2.05) is 6.07 Å². The lowest BCUT2D eigenvalue weighted by molar-refractivity contribution is 0.302. The van der Waals surface area contributed by atoms with Crippen LogP contribution in [0.4, 0.5) is 5.69 Å². The molecule has 0 atom stereocenters. The lowest BCUT2D eigenvalue weighted by atomic mass is 9.94. The molecule has 0 unspecified atom stereocenters. The first-order valence-electron chi connectivity index (χ1n) is 7.48. The Kier molecular flexibility index (Phi) is 3.83. The summed E-state index contributed by atoms with van der Waals surface area (Å²) < 4.78 is 5.54. The van der Waals surface area contributed by atoms with E-state index in [4.69, 9.17) is 16.3 Å². The molecular formula is C16H23ClN2O. The first kappa shape index (κ1) is 14.0. The van der Waals surface area contributed by atoms with Crippen LogP contribution < -0.4 is 15.0 Å². The van der Waals surface area contributed by atoms with E-state index in [-0.39, 0.29) is 0 Å². The predicted octanol–water partition coefficient (Wildman–Crippen LogP) is 3.38. The van der Waals surface area contributed by atoms with Gasteiger partial charge < -0.3 is 15.0 Å². The quantitative estimate of drug-likeness (QED) is 0.905. The summed E-state index contributed by atoms with van der Waals surface area (Å²) in [4.78, 5) is 2.46. The fourth-order valence-electron chi connectivity index (χ4n) is 3.61. The molecule has 4 heteroatoms. The van der Waals surface area contributed by atoms with Crippen molar-refractivity contribution in [3.63, 3.8) is 0 Å². The Bertz CT molecular complexity index is 497. The third-order valence-electron chi connectivity index (χ3n) is 4.74. The fourth-order valence-corrected chi connectivity index (χ4v) is 3.76. The number of ether oxygens (including phenoxy) is 1. The maximum Gasteiger partial charge on any atom is 0.143 e. The molecule has 1 spiro atoms. The SMILES string of the molecule is COc1cc(Cl)c(C)cc1N1CCNC2(CCCC2)C1. The average Bonchev–Trinajstić information content (AvgIpc) is 2.89. The van der Waals surface area contributed by atoms with Crippen LogP contribution in [0, 0.1) is 6.92 Å². The van der Waals surface area contributed by atoms with E-state index in [0.29, 0.717) is 5.54 Å². The van der Waals surface area contributed by atoms with Crippen LogP contribution >= 0.6 is 11.6 Å². The van der Waals surface area contributed by atoms with Gasteiger partial charge in [0.1, 0.15) is 5.75 Å². The predicted molar refractivity (Wildman–Crippen MR) is 84.2 cm³/mol. The van der Waals surface area contributed by atoms with Crippen LogP contribution in [0.1, 0.15) is 31.2 Å². The van der Waals surface area contributed by atoms with Crippen LogP contribution in [0.2, 0.25) is 5.02 Å². The molecule has 1 aromatic carbocycles. The van der Waals surface area contributed by atoms with Gasteiger partial charge in [0.05, 0.1) is 12.8 Å². The van der Waals surface area contributed by atoms with Crippen LogP contribution in [-0.4, -0.2) is 32.3 Å². The number of piperazine rings is 1. The maximum absolute atomic E-state index is 6.21. The van der Waals surface area contributed by atoms with Crippen LogP contribution in [-0.2, 0) is 0 Å². The second-order valence-electron chi connectivity index (χ2n) is 6.11. The van der Waals surface area contributed by atoms with Crippen molar-refractivity contribution < 1.29 is 4.74 Å². The summed E-state index contributed by atoms with van der Waals surface area (Å²) in [5.41, 5.74) is 2.61. The van der Waals surface area contributed by atoms with Crippen molar-refractivity contribution in [2.75, 3.05) is 31.6 Å². The molecule has 2 fully saturated rings. The maximum atomic E-state index is 6.21. The van der Waals surface area contributed by atoms with Gasteiger partial charge in [-0.15, -0.1) is 0 Å². The van der Waals surface area contributed by atoms with Gasteiger partial charge in [-0.1, -0.05) is 24.4 Å². The molecule has 20 heavy (non-hydrogen) atoms. The summed E-state index contributed by atoms with van der Waals surface area (Å²) in [7, 11) is 1.72. The molecule has 110 valence electrons. The number of methoxy groups -OCH3 is 1. The summed E-state index contributed by atoms with van der Waals surface area (Å²) >= 11 is 6.21. The zero-order chi connectivity index (χ0) is 14.2. The highest BCUT2D eigenvalue weighted by Gasteiger charge is 2.38. The van der Waals surface area contributed by atoms with Crippen LogP contribution in [0.15, 0.2) is 12.1 Å². The van der Waals surface area contributed by atoms with Crippen molar-refractivity contribution in [1.82, 2.24) is 5.32 Å². The van der Waals surface area contributed by atoms with Gasteiger partial charge in [0.2, 0.25) is 0 Å². The van der Waals surface area contributed by atoms with E-state index in [2.05, 4.69) is 23.2 Å². The molecule has 0 aromatic heterocycles. The van der Waals surface area contributed by atoms with Gasteiger partial charge in [-0.05, 0) is 31.4 Å². The monoisotopic (exact) mass is 294 g/mol. The Morgan fingerprint density at radius 2 is 2.05 bits per heavy atom. The second-order valence-corrected chi connectivity index (χ2v) is 6.52. The smallest absolute Gasteiger partial charge is 0.143 e. The van der Waals surface area contributed by atoms with E-state index < -0.39 is 0 Å². The number of nitrogens with zero attached hydrogens (tertiary/aromatic N) is 1. The topological polar surface area (TPSA) is 24.5 Å². The minimum Gasteiger partial charge on any atom is -0.495 e. The highest BCUT2D eigenvalue weighted by Crippen LogP contribution is 2.38. The lowest BCUT2D eigenvalue weighted by Gasteiger charge is -2.43. The van der Waals surface area contributed by atoms with E-state index in [1.165, 1.54) is 31.4 Å². The van der Waals surface area contributed by atoms with Crippen molar-refractivity contribution >= 4 is 17.3 Å². The first-order valence-corrected chi connectivity index (χ1v) is 7.85. The Hall–Kier alpha value is -0.930. The van der Waals surface area contributed by atoms with Gasteiger partial charge in [0.25, 0.3) is 0 Å². The molecule has 1 saturated carbocycles. The lowest BCUT2D eigenvalue weighted by Crippen LogP contribution is -2.59.